The lowest BCUT2D eigenvalue weighted by molar-refractivity contribution is -0.384. The molecule has 0 heterocycles. The van der Waals surface area contributed by atoms with Crippen LogP contribution in [0.3, 0.4) is 0 Å². The fraction of sp³-hybridized carbons (Fsp3) is 0.250. The van der Waals surface area contributed by atoms with Crippen LogP contribution in [0.5, 0.6) is 5.75 Å². The molecule has 0 aliphatic heterocycles. The first kappa shape index (κ1) is 17.4. The van der Waals surface area contributed by atoms with Crippen LogP contribution in [0.15, 0.2) is 33.8 Å². The summed E-state index contributed by atoms with van der Waals surface area (Å²) < 4.78 is 4.67. The number of rotatable bonds is 5. The second-order valence-corrected chi connectivity index (χ2v) is 4.31. The van der Waals surface area contributed by atoms with E-state index >= 15 is 0 Å². The first-order valence-corrected chi connectivity index (χ1v) is 6.31. The van der Waals surface area contributed by atoms with Crippen molar-refractivity contribution in [1.82, 2.24) is 0 Å². The number of carbonyl (C=O) groups excluding carboxylic acids is 1. The zero-order valence-electron chi connectivity index (χ0n) is 11.6. The van der Waals surface area contributed by atoms with Gasteiger partial charge in [-0.3, -0.25) is 10.1 Å². The summed E-state index contributed by atoms with van der Waals surface area (Å²) in [5, 5.41) is 36.4. The molecule has 0 aliphatic carbocycles. The number of hydrogen-bond acceptors (Lipinski definition) is 8. The van der Waals surface area contributed by atoms with Crippen molar-refractivity contribution in [1.29, 1.82) is 0 Å². The Morgan fingerprint density at radius 1 is 1.50 bits per heavy atom. The van der Waals surface area contributed by atoms with Crippen LogP contribution in [0.2, 0.25) is 5.02 Å². The molecule has 1 aromatic rings. The largest absolute Gasteiger partial charge is 0.510 e. The number of aliphatic hydroxyl groups is 1. The van der Waals surface area contributed by atoms with E-state index < -0.39 is 33.8 Å². The number of nitrogens with zero attached hydrogens (tertiary/aromatic N) is 3. The van der Waals surface area contributed by atoms with Gasteiger partial charge in [0.25, 0.3) is 5.69 Å². The van der Waals surface area contributed by atoms with Crippen molar-refractivity contribution in [3.63, 3.8) is 0 Å². The topological polar surface area (TPSA) is 135 Å². The van der Waals surface area contributed by atoms with Gasteiger partial charge in [-0.2, -0.15) is 0 Å². The van der Waals surface area contributed by atoms with Gasteiger partial charge in [0.05, 0.1) is 17.6 Å². The third-order valence-electron chi connectivity index (χ3n) is 2.31. The van der Waals surface area contributed by atoms with Crippen LogP contribution in [-0.4, -0.2) is 27.7 Å². The molecule has 0 aromatic heterocycles. The number of phenolic OH excluding ortho intramolecular Hbond substituents is 1. The third-order valence-corrected chi connectivity index (χ3v) is 2.61. The Kier molecular flexibility index (Phi) is 5.81. The van der Waals surface area contributed by atoms with Gasteiger partial charge >= 0.3 is 5.97 Å². The molecule has 0 saturated carbocycles. The first-order valence-electron chi connectivity index (χ1n) is 5.93. The molecule has 0 unspecified atom stereocenters. The van der Waals surface area contributed by atoms with Crippen LogP contribution in [0.25, 0.3) is 0 Å². The maximum Gasteiger partial charge on any atom is 0.362 e. The van der Waals surface area contributed by atoms with Crippen LogP contribution >= 0.6 is 11.6 Å². The summed E-state index contributed by atoms with van der Waals surface area (Å²) in [7, 11) is 0. The molecule has 2 N–H and O–H groups in total. The van der Waals surface area contributed by atoms with Gasteiger partial charge in [0.15, 0.2) is 0 Å². The average Bonchev–Trinajstić information content (AvgIpc) is 2.41. The Balaban J connectivity index is 3.18. The molecule has 0 radical (unpaired) electrons. The minimum Gasteiger partial charge on any atom is -0.510 e. The molecule has 0 fully saturated rings. The second-order valence-electron chi connectivity index (χ2n) is 3.90. The Labute approximate surface area is 129 Å². The van der Waals surface area contributed by atoms with Gasteiger partial charge in [-0.1, -0.05) is 11.6 Å². The zero-order valence-corrected chi connectivity index (χ0v) is 12.4. The molecule has 0 atom stereocenters. The van der Waals surface area contributed by atoms with Crippen LogP contribution in [-0.2, 0) is 9.53 Å². The van der Waals surface area contributed by atoms with Gasteiger partial charge in [0, 0.05) is 0 Å². The van der Waals surface area contributed by atoms with E-state index in [-0.39, 0.29) is 17.3 Å². The number of ether oxygens (including phenoxy) is 1. The minimum absolute atomic E-state index is 0.0692. The number of esters is 1. The molecule has 0 spiro atoms. The van der Waals surface area contributed by atoms with Crippen molar-refractivity contribution < 1.29 is 24.7 Å². The highest BCUT2D eigenvalue weighted by molar-refractivity contribution is 6.33. The summed E-state index contributed by atoms with van der Waals surface area (Å²) >= 11 is 5.68. The van der Waals surface area contributed by atoms with E-state index in [2.05, 4.69) is 15.0 Å². The van der Waals surface area contributed by atoms with Crippen molar-refractivity contribution in [2.45, 2.75) is 13.8 Å². The number of phenols is 1. The standard InChI is InChI=1S/C12H12ClN3O6/c1-3-22-12(19)11(6(2)17)15-14-8-4-7(13)9(16(20)21)5-10(8)18/h4-5,17-18H,3H2,1-2H3/b11-6+,15-14?. The summed E-state index contributed by atoms with van der Waals surface area (Å²) in [4.78, 5) is 21.4. The maximum atomic E-state index is 11.5. The molecule has 1 rings (SSSR count). The number of carbonyl (C=O) groups is 1. The monoisotopic (exact) mass is 329 g/mol. The van der Waals surface area contributed by atoms with Crippen molar-refractivity contribution in [2.75, 3.05) is 6.61 Å². The van der Waals surface area contributed by atoms with E-state index in [1.54, 1.807) is 6.92 Å². The molecular formula is C12H12ClN3O6. The average molecular weight is 330 g/mol. The van der Waals surface area contributed by atoms with E-state index in [1.165, 1.54) is 6.92 Å². The van der Waals surface area contributed by atoms with Gasteiger partial charge in [0.2, 0.25) is 5.70 Å². The van der Waals surface area contributed by atoms with Gasteiger partial charge in [0.1, 0.15) is 22.2 Å². The summed E-state index contributed by atoms with van der Waals surface area (Å²) in [6.07, 6.45) is 0. The number of aromatic hydroxyl groups is 1. The number of halogens is 1. The molecule has 22 heavy (non-hydrogen) atoms. The molecule has 0 saturated heterocycles. The lowest BCUT2D eigenvalue weighted by atomic mass is 10.2. The first-order chi connectivity index (χ1) is 10.3. The molecule has 0 bridgehead atoms. The number of allylic oxidation sites excluding steroid dienone is 1. The van der Waals surface area contributed by atoms with Gasteiger partial charge in [-0.25, -0.2) is 4.79 Å². The number of azo groups is 1. The fourth-order valence-corrected chi connectivity index (χ4v) is 1.55. The van der Waals surface area contributed by atoms with Crippen molar-refractivity contribution in [2.24, 2.45) is 10.2 Å². The summed E-state index contributed by atoms with van der Waals surface area (Å²) in [6.45, 7) is 2.84. The van der Waals surface area contributed by atoms with Gasteiger partial charge in [-0.05, 0) is 19.9 Å². The quantitative estimate of drug-likeness (QED) is 0.212. The van der Waals surface area contributed by atoms with Crippen LogP contribution < -0.4 is 0 Å². The predicted octanol–water partition coefficient (Wildman–Crippen LogP) is 3.39. The van der Waals surface area contributed by atoms with Crippen LogP contribution in [0, 0.1) is 10.1 Å². The molecule has 10 heteroatoms. The summed E-state index contributed by atoms with van der Waals surface area (Å²) in [5.41, 5.74) is -1.17. The zero-order chi connectivity index (χ0) is 16.9. The summed E-state index contributed by atoms with van der Waals surface area (Å²) in [6, 6.07) is 1.81. The fourth-order valence-electron chi connectivity index (χ4n) is 1.32. The highest BCUT2D eigenvalue weighted by Crippen LogP contribution is 2.37. The molecule has 0 aliphatic rings. The number of nitro benzene ring substituents is 1. The minimum atomic E-state index is -0.904. The summed E-state index contributed by atoms with van der Waals surface area (Å²) in [5.74, 6) is -1.90. The van der Waals surface area contributed by atoms with E-state index in [0.29, 0.717) is 0 Å². The lowest BCUT2D eigenvalue weighted by Crippen LogP contribution is -2.07. The van der Waals surface area contributed by atoms with Crippen LogP contribution in [0.4, 0.5) is 11.4 Å². The molecule has 1 aromatic carbocycles. The molecular weight excluding hydrogens is 318 g/mol. The normalized spacial score (nSPS) is 12.1. The maximum absolute atomic E-state index is 11.5. The van der Waals surface area contributed by atoms with Gasteiger partial charge in [-0.15, -0.1) is 10.2 Å². The number of benzene rings is 1. The van der Waals surface area contributed by atoms with E-state index in [9.17, 15) is 25.1 Å². The number of nitro groups is 1. The Morgan fingerprint density at radius 2 is 2.14 bits per heavy atom. The Morgan fingerprint density at radius 3 is 2.64 bits per heavy atom. The number of hydrogen-bond donors (Lipinski definition) is 2. The Bertz CT molecular complexity index is 667. The smallest absolute Gasteiger partial charge is 0.362 e. The molecule has 0 amide bonds. The van der Waals surface area contributed by atoms with Crippen molar-refractivity contribution in [3.8, 4) is 5.75 Å². The number of aliphatic hydroxyl groups excluding tert-OH is 1. The third kappa shape index (κ3) is 4.16. The lowest BCUT2D eigenvalue weighted by Gasteiger charge is -2.03. The van der Waals surface area contributed by atoms with Crippen molar-refractivity contribution >= 4 is 28.9 Å². The Hall–Kier alpha value is -2.68. The van der Waals surface area contributed by atoms with E-state index in [4.69, 9.17) is 11.6 Å². The highest BCUT2D eigenvalue weighted by Gasteiger charge is 2.18. The van der Waals surface area contributed by atoms with E-state index in [1.807, 2.05) is 0 Å². The molecule has 9 nitrogen and oxygen atoms in total. The predicted molar refractivity (Wildman–Crippen MR) is 76.2 cm³/mol. The second kappa shape index (κ2) is 7.36. The SMILES string of the molecule is CCOC(=O)/C(N=Nc1cc(Cl)c([N+](=O)[O-])cc1O)=C(/C)O. The van der Waals surface area contributed by atoms with Crippen molar-refractivity contribution in [3.05, 3.63) is 38.7 Å². The van der Waals surface area contributed by atoms with E-state index in [0.717, 1.165) is 12.1 Å². The van der Waals surface area contributed by atoms with Gasteiger partial charge < -0.3 is 14.9 Å². The molecule has 118 valence electrons. The van der Waals surface area contributed by atoms with Crippen LogP contribution in [0.1, 0.15) is 13.8 Å². The highest BCUT2D eigenvalue weighted by atomic mass is 35.5.